The molecular formula is C13H22O2. The zero-order valence-electron chi connectivity index (χ0n) is 10.0. The Kier molecular flexibility index (Phi) is 7.69. The van der Waals surface area contributed by atoms with E-state index in [9.17, 15) is 4.79 Å². The van der Waals surface area contributed by atoms with Crippen LogP contribution in [0.1, 0.15) is 33.6 Å². The Morgan fingerprint density at radius 2 is 2.13 bits per heavy atom. The Labute approximate surface area is 93.0 Å². The Balaban J connectivity index is 3.72. The van der Waals surface area contributed by atoms with E-state index >= 15 is 0 Å². The van der Waals surface area contributed by atoms with Crippen molar-refractivity contribution in [1.29, 1.82) is 0 Å². The number of carbonyl (C=O) groups is 1. The molecule has 0 heterocycles. The van der Waals surface area contributed by atoms with E-state index in [-0.39, 0.29) is 5.97 Å². The van der Waals surface area contributed by atoms with Crippen molar-refractivity contribution in [1.82, 2.24) is 0 Å². The molecule has 0 aromatic rings. The highest BCUT2D eigenvalue weighted by molar-refractivity contribution is 5.68. The lowest BCUT2D eigenvalue weighted by atomic mass is 9.93. The average molecular weight is 210 g/mol. The number of hydrogen-bond donors (Lipinski definition) is 0. The number of esters is 1. The van der Waals surface area contributed by atoms with Crippen molar-refractivity contribution < 1.29 is 9.53 Å². The molecule has 0 amide bonds. The summed E-state index contributed by atoms with van der Waals surface area (Å²) in [4.78, 5) is 10.9. The van der Waals surface area contributed by atoms with Gasteiger partial charge in [0, 0.05) is 6.42 Å². The molecule has 0 spiro atoms. The summed E-state index contributed by atoms with van der Waals surface area (Å²) in [6.07, 6.45) is 7.23. The standard InChI is InChI=1S/C13H22O2/c1-5-7-8-11(3)12(4)9-10-15-13(14)6-2/h5,7-8,11-12H,1,6,9-10H2,2-4H3/b8-7+. The molecule has 0 N–H and O–H groups in total. The predicted octanol–water partition coefficient (Wildman–Crippen LogP) is 3.34. The quantitative estimate of drug-likeness (QED) is 0.476. The van der Waals surface area contributed by atoms with E-state index in [1.54, 1.807) is 13.0 Å². The van der Waals surface area contributed by atoms with Gasteiger partial charge in [0.25, 0.3) is 0 Å². The summed E-state index contributed by atoms with van der Waals surface area (Å²) in [6.45, 7) is 10.3. The molecule has 0 saturated carbocycles. The molecule has 2 atom stereocenters. The molecule has 2 nitrogen and oxygen atoms in total. The maximum absolute atomic E-state index is 10.9. The van der Waals surface area contributed by atoms with Crippen LogP contribution in [0.15, 0.2) is 24.8 Å². The van der Waals surface area contributed by atoms with E-state index in [0.29, 0.717) is 24.9 Å². The zero-order chi connectivity index (χ0) is 11.7. The maximum atomic E-state index is 10.9. The number of carbonyl (C=O) groups excluding carboxylic acids is 1. The highest BCUT2D eigenvalue weighted by Gasteiger charge is 2.09. The maximum Gasteiger partial charge on any atom is 0.305 e. The van der Waals surface area contributed by atoms with Gasteiger partial charge < -0.3 is 4.74 Å². The van der Waals surface area contributed by atoms with E-state index < -0.39 is 0 Å². The molecular weight excluding hydrogens is 188 g/mol. The molecule has 2 unspecified atom stereocenters. The number of rotatable bonds is 7. The third-order valence-electron chi connectivity index (χ3n) is 2.57. The van der Waals surface area contributed by atoms with E-state index in [4.69, 9.17) is 4.74 Å². The topological polar surface area (TPSA) is 26.3 Å². The molecule has 15 heavy (non-hydrogen) atoms. The highest BCUT2D eigenvalue weighted by atomic mass is 16.5. The van der Waals surface area contributed by atoms with Gasteiger partial charge in [0.15, 0.2) is 0 Å². The second-order valence-electron chi connectivity index (χ2n) is 3.82. The highest BCUT2D eigenvalue weighted by Crippen LogP contribution is 2.16. The fraction of sp³-hybridized carbons (Fsp3) is 0.615. The summed E-state index contributed by atoms with van der Waals surface area (Å²) in [5.41, 5.74) is 0. The number of hydrogen-bond acceptors (Lipinski definition) is 2. The van der Waals surface area contributed by atoms with Crippen LogP contribution in [0.2, 0.25) is 0 Å². The third kappa shape index (κ3) is 6.95. The minimum Gasteiger partial charge on any atom is -0.466 e. The summed E-state index contributed by atoms with van der Waals surface area (Å²) in [5.74, 6) is 0.894. The Morgan fingerprint density at radius 1 is 1.47 bits per heavy atom. The van der Waals surface area contributed by atoms with Gasteiger partial charge in [-0.15, -0.1) is 0 Å². The van der Waals surface area contributed by atoms with Crippen LogP contribution in [0.25, 0.3) is 0 Å². The van der Waals surface area contributed by atoms with Crippen LogP contribution < -0.4 is 0 Å². The second-order valence-corrected chi connectivity index (χ2v) is 3.82. The second kappa shape index (κ2) is 8.27. The Bertz CT molecular complexity index is 219. The third-order valence-corrected chi connectivity index (χ3v) is 2.57. The summed E-state index contributed by atoms with van der Waals surface area (Å²) >= 11 is 0. The van der Waals surface area contributed by atoms with Gasteiger partial charge in [0.1, 0.15) is 0 Å². The first-order valence-electron chi connectivity index (χ1n) is 5.56. The van der Waals surface area contributed by atoms with Crippen LogP contribution >= 0.6 is 0 Å². The Morgan fingerprint density at radius 3 is 2.67 bits per heavy atom. The van der Waals surface area contributed by atoms with Crippen molar-refractivity contribution in [2.75, 3.05) is 6.61 Å². The molecule has 0 aromatic carbocycles. The van der Waals surface area contributed by atoms with E-state index in [0.717, 1.165) is 6.42 Å². The molecule has 0 saturated heterocycles. The minimum atomic E-state index is -0.114. The smallest absolute Gasteiger partial charge is 0.305 e. The molecule has 0 aromatic heterocycles. The SMILES string of the molecule is C=C/C=C/C(C)C(C)CCOC(=O)CC. The molecule has 0 bridgehead atoms. The molecule has 0 radical (unpaired) electrons. The number of allylic oxidation sites excluding steroid dienone is 3. The fourth-order valence-corrected chi connectivity index (χ4v) is 1.17. The van der Waals surface area contributed by atoms with Gasteiger partial charge in [-0.2, -0.15) is 0 Å². The van der Waals surface area contributed by atoms with E-state index in [1.165, 1.54) is 0 Å². The predicted molar refractivity (Wildman–Crippen MR) is 63.5 cm³/mol. The lowest BCUT2D eigenvalue weighted by molar-refractivity contribution is -0.143. The van der Waals surface area contributed by atoms with Crippen molar-refractivity contribution in [2.24, 2.45) is 11.8 Å². The zero-order valence-corrected chi connectivity index (χ0v) is 10.0. The molecule has 0 rings (SSSR count). The normalized spacial score (nSPS) is 14.9. The molecule has 0 aliphatic heterocycles. The first-order chi connectivity index (χ1) is 7.11. The van der Waals surface area contributed by atoms with Gasteiger partial charge in [-0.25, -0.2) is 0 Å². The minimum absolute atomic E-state index is 0.114. The molecule has 0 fully saturated rings. The van der Waals surface area contributed by atoms with Crippen molar-refractivity contribution in [3.63, 3.8) is 0 Å². The van der Waals surface area contributed by atoms with Crippen LogP contribution in [-0.4, -0.2) is 12.6 Å². The van der Waals surface area contributed by atoms with Gasteiger partial charge in [-0.05, 0) is 18.3 Å². The largest absolute Gasteiger partial charge is 0.466 e. The van der Waals surface area contributed by atoms with Crippen LogP contribution in [0, 0.1) is 11.8 Å². The first kappa shape index (κ1) is 13.9. The van der Waals surface area contributed by atoms with Crippen molar-refractivity contribution in [3.05, 3.63) is 24.8 Å². The molecule has 2 heteroatoms. The fourth-order valence-electron chi connectivity index (χ4n) is 1.17. The molecule has 86 valence electrons. The van der Waals surface area contributed by atoms with Crippen LogP contribution in [0.4, 0.5) is 0 Å². The van der Waals surface area contributed by atoms with Crippen molar-refractivity contribution >= 4 is 5.97 Å². The van der Waals surface area contributed by atoms with E-state index in [2.05, 4.69) is 26.5 Å². The monoisotopic (exact) mass is 210 g/mol. The van der Waals surface area contributed by atoms with Gasteiger partial charge in [-0.3, -0.25) is 4.79 Å². The van der Waals surface area contributed by atoms with Crippen LogP contribution in [0.5, 0.6) is 0 Å². The number of ether oxygens (including phenoxy) is 1. The summed E-state index contributed by atoms with van der Waals surface area (Å²) in [7, 11) is 0. The van der Waals surface area contributed by atoms with Gasteiger partial charge >= 0.3 is 5.97 Å². The summed E-state index contributed by atoms with van der Waals surface area (Å²) < 4.78 is 5.03. The van der Waals surface area contributed by atoms with Gasteiger partial charge in [0.2, 0.25) is 0 Å². The van der Waals surface area contributed by atoms with Crippen LogP contribution in [0.3, 0.4) is 0 Å². The van der Waals surface area contributed by atoms with Gasteiger partial charge in [0.05, 0.1) is 6.61 Å². The van der Waals surface area contributed by atoms with Crippen molar-refractivity contribution in [2.45, 2.75) is 33.6 Å². The average Bonchev–Trinajstić information content (AvgIpc) is 2.25. The van der Waals surface area contributed by atoms with E-state index in [1.807, 2.05) is 6.08 Å². The van der Waals surface area contributed by atoms with Gasteiger partial charge in [-0.1, -0.05) is 45.6 Å². The molecule has 0 aliphatic carbocycles. The summed E-state index contributed by atoms with van der Waals surface area (Å²) in [5, 5.41) is 0. The summed E-state index contributed by atoms with van der Waals surface area (Å²) in [6, 6.07) is 0. The lowest BCUT2D eigenvalue weighted by Crippen LogP contribution is -2.11. The Hall–Kier alpha value is -1.05. The first-order valence-corrected chi connectivity index (χ1v) is 5.56. The van der Waals surface area contributed by atoms with Crippen LogP contribution in [-0.2, 0) is 9.53 Å². The lowest BCUT2D eigenvalue weighted by Gasteiger charge is -2.16. The molecule has 0 aliphatic rings. The van der Waals surface area contributed by atoms with Crippen molar-refractivity contribution in [3.8, 4) is 0 Å².